The van der Waals surface area contributed by atoms with Crippen LogP contribution in [0.5, 0.6) is 0 Å². The fourth-order valence-electron chi connectivity index (χ4n) is 2.41. The Kier molecular flexibility index (Phi) is 4.24. The minimum Gasteiger partial charge on any atom is -0.369 e. The van der Waals surface area contributed by atoms with Gasteiger partial charge in [-0.25, -0.2) is 4.98 Å². The van der Waals surface area contributed by atoms with Gasteiger partial charge in [0.15, 0.2) is 0 Å². The lowest BCUT2D eigenvalue weighted by atomic mass is 9.85. The monoisotopic (exact) mass is 270 g/mol. The average Bonchev–Trinajstić information content (AvgIpc) is 2.68. The maximum absolute atomic E-state index is 11.1. The molecular weight excluding hydrogens is 252 g/mol. The normalized spacial score (nSPS) is 24.1. The Morgan fingerprint density at radius 2 is 2.22 bits per heavy atom. The first-order valence-electron chi connectivity index (χ1n) is 6.26. The molecule has 0 aromatic carbocycles. The van der Waals surface area contributed by atoms with Gasteiger partial charge in [-0.1, -0.05) is 11.6 Å². The molecule has 5 nitrogen and oxygen atoms in total. The van der Waals surface area contributed by atoms with Crippen LogP contribution in [0.1, 0.15) is 31.5 Å². The molecule has 1 amide bonds. The van der Waals surface area contributed by atoms with Gasteiger partial charge in [0.1, 0.15) is 11.0 Å². The summed E-state index contributed by atoms with van der Waals surface area (Å²) in [6.07, 6.45) is 5.41. The molecule has 1 aliphatic rings. The van der Waals surface area contributed by atoms with Gasteiger partial charge in [-0.2, -0.15) is 0 Å². The summed E-state index contributed by atoms with van der Waals surface area (Å²) < 4.78 is 1.86. The van der Waals surface area contributed by atoms with Crippen molar-refractivity contribution in [1.82, 2.24) is 14.9 Å². The second-order valence-corrected chi connectivity index (χ2v) is 5.28. The van der Waals surface area contributed by atoms with E-state index in [-0.39, 0.29) is 11.8 Å². The fourth-order valence-corrected chi connectivity index (χ4v) is 2.55. The molecule has 1 fully saturated rings. The number of nitrogens with one attached hydrogen (secondary N) is 1. The molecule has 1 saturated carbocycles. The van der Waals surface area contributed by atoms with Crippen LogP contribution in [-0.4, -0.2) is 21.5 Å². The zero-order valence-electron chi connectivity index (χ0n) is 10.5. The Bertz CT molecular complexity index is 424. The van der Waals surface area contributed by atoms with Gasteiger partial charge in [0.05, 0.1) is 12.7 Å². The highest BCUT2D eigenvalue weighted by molar-refractivity contribution is 6.29. The van der Waals surface area contributed by atoms with Crippen molar-refractivity contribution < 1.29 is 4.79 Å². The van der Waals surface area contributed by atoms with Crippen LogP contribution in [0.25, 0.3) is 0 Å². The van der Waals surface area contributed by atoms with E-state index in [1.165, 1.54) is 0 Å². The van der Waals surface area contributed by atoms with Crippen LogP contribution in [0.3, 0.4) is 0 Å². The van der Waals surface area contributed by atoms with E-state index in [9.17, 15) is 4.79 Å². The Labute approximate surface area is 112 Å². The smallest absolute Gasteiger partial charge is 0.220 e. The minimum atomic E-state index is -0.163. The third-order valence-corrected chi connectivity index (χ3v) is 4.06. The standard InChI is InChI=1S/C12H19ClN4O/c1-17-10(13)6-16-11(17)7-15-9-4-2-8(3-5-9)12(14)18/h6,8-9,15H,2-5,7H2,1H3,(H2,14,18). The van der Waals surface area contributed by atoms with Gasteiger partial charge in [-0.05, 0) is 25.7 Å². The highest BCUT2D eigenvalue weighted by atomic mass is 35.5. The van der Waals surface area contributed by atoms with Gasteiger partial charge in [0.25, 0.3) is 0 Å². The molecule has 18 heavy (non-hydrogen) atoms. The SMILES string of the molecule is Cn1c(Cl)cnc1CNC1CCC(C(N)=O)CC1. The quantitative estimate of drug-likeness (QED) is 0.864. The predicted molar refractivity (Wildman–Crippen MR) is 70.0 cm³/mol. The second kappa shape index (κ2) is 5.71. The summed E-state index contributed by atoms with van der Waals surface area (Å²) in [7, 11) is 1.90. The van der Waals surface area contributed by atoms with E-state index >= 15 is 0 Å². The molecule has 6 heteroatoms. The Hall–Kier alpha value is -1.07. The lowest BCUT2D eigenvalue weighted by Crippen LogP contribution is -2.36. The zero-order valence-corrected chi connectivity index (χ0v) is 11.3. The van der Waals surface area contributed by atoms with Crippen molar-refractivity contribution in [2.24, 2.45) is 18.7 Å². The molecule has 0 spiro atoms. The number of hydrogen-bond donors (Lipinski definition) is 2. The van der Waals surface area contributed by atoms with Crippen LogP contribution in [0.4, 0.5) is 0 Å². The maximum atomic E-state index is 11.1. The summed E-state index contributed by atoms with van der Waals surface area (Å²) in [5, 5.41) is 4.10. The van der Waals surface area contributed by atoms with Gasteiger partial charge in [0, 0.05) is 19.0 Å². The predicted octanol–water partition coefficient (Wildman–Crippen LogP) is 1.21. The Balaban J connectivity index is 1.79. The van der Waals surface area contributed by atoms with Crippen LogP contribution in [0.2, 0.25) is 5.15 Å². The van der Waals surface area contributed by atoms with Crippen molar-refractivity contribution in [3.63, 3.8) is 0 Å². The van der Waals surface area contributed by atoms with E-state index in [0.717, 1.165) is 31.5 Å². The first kappa shape index (κ1) is 13.4. The molecule has 1 heterocycles. The van der Waals surface area contributed by atoms with Crippen molar-refractivity contribution >= 4 is 17.5 Å². The van der Waals surface area contributed by atoms with E-state index in [2.05, 4.69) is 10.3 Å². The molecule has 2 rings (SSSR count). The van der Waals surface area contributed by atoms with Crippen molar-refractivity contribution in [2.75, 3.05) is 0 Å². The van der Waals surface area contributed by atoms with Gasteiger partial charge < -0.3 is 15.6 Å². The number of imidazole rings is 1. The molecular formula is C12H19ClN4O. The van der Waals surface area contributed by atoms with Crippen LogP contribution in [0.15, 0.2) is 6.20 Å². The minimum absolute atomic E-state index is 0.0608. The second-order valence-electron chi connectivity index (χ2n) is 4.89. The molecule has 0 atom stereocenters. The van der Waals surface area contributed by atoms with E-state index in [0.29, 0.717) is 17.7 Å². The topological polar surface area (TPSA) is 72.9 Å². The molecule has 0 saturated heterocycles. The van der Waals surface area contributed by atoms with Gasteiger partial charge in [0.2, 0.25) is 5.91 Å². The third-order valence-electron chi connectivity index (χ3n) is 3.71. The lowest BCUT2D eigenvalue weighted by molar-refractivity contribution is -0.122. The van der Waals surface area contributed by atoms with E-state index < -0.39 is 0 Å². The number of amides is 1. The van der Waals surface area contributed by atoms with Gasteiger partial charge >= 0.3 is 0 Å². The number of rotatable bonds is 4. The number of primary amides is 1. The molecule has 1 aromatic rings. The number of aromatic nitrogens is 2. The summed E-state index contributed by atoms with van der Waals surface area (Å²) in [6, 6.07) is 0.441. The number of carbonyl (C=O) groups excluding carboxylic acids is 1. The highest BCUT2D eigenvalue weighted by Crippen LogP contribution is 2.24. The molecule has 100 valence electrons. The molecule has 0 aliphatic heterocycles. The van der Waals surface area contributed by atoms with Crippen molar-refractivity contribution in [2.45, 2.75) is 38.3 Å². The third kappa shape index (κ3) is 3.03. The summed E-state index contributed by atoms with van der Waals surface area (Å²) in [6.45, 7) is 0.703. The summed E-state index contributed by atoms with van der Waals surface area (Å²) in [4.78, 5) is 15.3. The summed E-state index contributed by atoms with van der Waals surface area (Å²) in [5.74, 6) is 0.826. The van der Waals surface area contributed by atoms with Crippen LogP contribution in [-0.2, 0) is 18.4 Å². The lowest BCUT2D eigenvalue weighted by Gasteiger charge is -2.27. The van der Waals surface area contributed by atoms with Crippen LogP contribution >= 0.6 is 11.6 Å². The number of nitrogens with zero attached hydrogens (tertiary/aromatic N) is 2. The Morgan fingerprint density at radius 1 is 1.56 bits per heavy atom. The molecule has 1 aromatic heterocycles. The molecule has 1 aliphatic carbocycles. The van der Waals surface area contributed by atoms with E-state index in [1.54, 1.807) is 6.20 Å². The Morgan fingerprint density at radius 3 is 2.72 bits per heavy atom. The van der Waals surface area contributed by atoms with Crippen molar-refractivity contribution in [3.05, 3.63) is 17.2 Å². The number of halogens is 1. The number of nitrogens with two attached hydrogens (primary N) is 1. The van der Waals surface area contributed by atoms with Gasteiger partial charge in [-0.3, -0.25) is 4.79 Å². The fraction of sp³-hybridized carbons (Fsp3) is 0.667. The largest absolute Gasteiger partial charge is 0.369 e. The van der Waals surface area contributed by atoms with E-state index in [4.69, 9.17) is 17.3 Å². The highest BCUT2D eigenvalue weighted by Gasteiger charge is 2.24. The number of hydrogen-bond acceptors (Lipinski definition) is 3. The molecule has 0 radical (unpaired) electrons. The van der Waals surface area contributed by atoms with E-state index in [1.807, 2.05) is 11.6 Å². The average molecular weight is 271 g/mol. The maximum Gasteiger partial charge on any atom is 0.220 e. The first-order chi connectivity index (χ1) is 8.58. The van der Waals surface area contributed by atoms with Crippen molar-refractivity contribution in [1.29, 1.82) is 0 Å². The van der Waals surface area contributed by atoms with Crippen LogP contribution in [0, 0.1) is 5.92 Å². The summed E-state index contributed by atoms with van der Waals surface area (Å²) in [5.41, 5.74) is 5.31. The summed E-state index contributed by atoms with van der Waals surface area (Å²) >= 11 is 5.93. The first-order valence-corrected chi connectivity index (χ1v) is 6.64. The molecule has 3 N–H and O–H groups in total. The number of carbonyl (C=O) groups is 1. The molecule has 0 bridgehead atoms. The van der Waals surface area contributed by atoms with Crippen molar-refractivity contribution in [3.8, 4) is 0 Å². The van der Waals surface area contributed by atoms with Gasteiger partial charge in [-0.15, -0.1) is 0 Å². The molecule has 0 unspecified atom stereocenters. The zero-order chi connectivity index (χ0) is 13.1. The van der Waals surface area contributed by atoms with Crippen LogP contribution < -0.4 is 11.1 Å².